The molecule has 1 aromatic heterocycles. The van der Waals surface area contributed by atoms with E-state index in [0.717, 1.165) is 17.4 Å². The highest BCUT2D eigenvalue weighted by molar-refractivity contribution is 7.89. The molecule has 1 heterocycles. The van der Waals surface area contributed by atoms with Crippen molar-refractivity contribution in [1.29, 1.82) is 0 Å². The van der Waals surface area contributed by atoms with Crippen LogP contribution in [0.2, 0.25) is 0 Å². The van der Waals surface area contributed by atoms with Crippen molar-refractivity contribution in [2.24, 2.45) is 7.05 Å². The molecular formula is C18H21N3O4S. The van der Waals surface area contributed by atoms with E-state index in [4.69, 9.17) is 0 Å². The van der Waals surface area contributed by atoms with E-state index < -0.39 is 26.8 Å². The van der Waals surface area contributed by atoms with Gasteiger partial charge in [0.2, 0.25) is 10.0 Å². The maximum absolute atomic E-state index is 12.6. The van der Waals surface area contributed by atoms with Gasteiger partial charge in [0, 0.05) is 19.0 Å². The molecule has 1 aliphatic rings. The largest absolute Gasteiger partial charge is 0.332 e. The van der Waals surface area contributed by atoms with Gasteiger partial charge in [0.25, 0.3) is 5.56 Å². The Morgan fingerprint density at radius 2 is 1.92 bits per heavy atom. The van der Waals surface area contributed by atoms with E-state index >= 15 is 0 Å². The Hall–Kier alpha value is -2.37. The second-order valence-electron chi connectivity index (χ2n) is 6.79. The normalized spacial score (nSPS) is 15.5. The molecule has 7 nitrogen and oxygen atoms in total. The van der Waals surface area contributed by atoms with Crippen LogP contribution in [0.1, 0.15) is 33.1 Å². The van der Waals surface area contributed by atoms with Crippen molar-refractivity contribution < 1.29 is 8.42 Å². The standard InChI is InChI=1S/C18H21N3O4S/c1-4-5-6-11-21-15-8-7-13(26(24,25)19-18(2)9-10-18)12-14(15)16(22)20(3)17(21)23/h7-8,12,19H,4,9-11H2,1-3H3. The first-order valence-electron chi connectivity index (χ1n) is 8.42. The Balaban J connectivity index is 2.18. The Kier molecular flexibility index (Phi) is 4.54. The Morgan fingerprint density at radius 1 is 1.23 bits per heavy atom. The van der Waals surface area contributed by atoms with Crippen molar-refractivity contribution >= 4 is 20.9 Å². The maximum Gasteiger partial charge on any atom is 0.332 e. The number of fused-ring (bicyclic) bond motifs is 1. The summed E-state index contributed by atoms with van der Waals surface area (Å²) in [6.07, 6.45) is 2.24. The van der Waals surface area contributed by atoms with E-state index in [-0.39, 0.29) is 16.8 Å². The van der Waals surface area contributed by atoms with Gasteiger partial charge in [-0.05, 0) is 38.0 Å². The zero-order valence-corrected chi connectivity index (χ0v) is 15.8. The van der Waals surface area contributed by atoms with E-state index in [1.54, 1.807) is 0 Å². The van der Waals surface area contributed by atoms with E-state index in [0.29, 0.717) is 11.9 Å². The van der Waals surface area contributed by atoms with Gasteiger partial charge in [-0.1, -0.05) is 12.8 Å². The molecule has 26 heavy (non-hydrogen) atoms. The Bertz CT molecular complexity index is 1160. The van der Waals surface area contributed by atoms with Crippen LogP contribution in [0.5, 0.6) is 0 Å². The van der Waals surface area contributed by atoms with Crippen LogP contribution in [-0.2, 0) is 23.6 Å². The summed E-state index contributed by atoms with van der Waals surface area (Å²) in [7, 11) is -2.36. The summed E-state index contributed by atoms with van der Waals surface area (Å²) in [5, 5.41) is 0.175. The van der Waals surface area contributed by atoms with E-state index in [2.05, 4.69) is 16.6 Å². The second-order valence-corrected chi connectivity index (χ2v) is 8.47. The topological polar surface area (TPSA) is 90.2 Å². The summed E-state index contributed by atoms with van der Waals surface area (Å²) in [5.41, 5.74) is -1.04. The molecule has 0 spiro atoms. The fourth-order valence-electron chi connectivity index (χ4n) is 2.73. The molecule has 0 aliphatic heterocycles. The third kappa shape index (κ3) is 3.32. The third-order valence-electron chi connectivity index (χ3n) is 4.54. The molecule has 8 heteroatoms. The predicted molar refractivity (Wildman–Crippen MR) is 99.5 cm³/mol. The number of aromatic nitrogens is 2. The van der Waals surface area contributed by atoms with Gasteiger partial charge in [-0.25, -0.2) is 17.9 Å². The fraction of sp³-hybridized carbons (Fsp3) is 0.444. The van der Waals surface area contributed by atoms with Crippen LogP contribution in [0.3, 0.4) is 0 Å². The van der Waals surface area contributed by atoms with E-state index in [1.165, 1.54) is 29.8 Å². The van der Waals surface area contributed by atoms with Gasteiger partial charge >= 0.3 is 5.69 Å². The molecule has 1 N–H and O–H groups in total. The lowest BCUT2D eigenvalue weighted by atomic mass is 10.2. The number of benzene rings is 1. The predicted octanol–water partition coefficient (Wildman–Crippen LogP) is 0.944. The summed E-state index contributed by atoms with van der Waals surface area (Å²) in [6, 6.07) is 4.24. The first kappa shape index (κ1) is 18.4. The fourth-order valence-corrected chi connectivity index (χ4v) is 4.22. The number of nitrogens with zero attached hydrogens (tertiary/aromatic N) is 2. The van der Waals surface area contributed by atoms with Crippen molar-refractivity contribution in [1.82, 2.24) is 13.9 Å². The SMILES string of the molecule is CCC#CCn1c(=O)n(C)c(=O)c2cc(S(=O)(=O)NC3(C)CC3)ccc21. The summed E-state index contributed by atoms with van der Waals surface area (Å²) in [6.45, 7) is 3.88. The van der Waals surface area contributed by atoms with Crippen molar-refractivity contribution in [3.8, 4) is 11.8 Å². The van der Waals surface area contributed by atoms with Gasteiger partial charge in [0.05, 0.1) is 22.3 Å². The summed E-state index contributed by atoms with van der Waals surface area (Å²) < 4.78 is 30.2. The molecule has 3 rings (SSSR count). The minimum atomic E-state index is -3.73. The minimum absolute atomic E-state index is 0.0140. The van der Waals surface area contributed by atoms with Crippen molar-refractivity contribution in [2.45, 2.75) is 50.1 Å². The molecule has 0 bridgehead atoms. The van der Waals surface area contributed by atoms with Gasteiger partial charge in [0.15, 0.2) is 0 Å². The molecule has 0 atom stereocenters. The number of hydrogen-bond donors (Lipinski definition) is 1. The average Bonchev–Trinajstić information content (AvgIpc) is 3.31. The van der Waals surface area contributed by atoms with Crippen LogP contribution >= 0.6 is 0 Å². The lowest BCUT2D eigenvalue weighted by molar-refractivity contribution is 0.558. The Labute approximate surface area is 151 Å². The molecule has 0 unspecified atom stereocenters. The number of sulfonamides is 1. The summed E-state index contributed by atoms with van der Waals surface area (Å²) >= 11 is 0. The van der Waals surface area contributed by atoms with Crippen LogP contribution in [0.25, 0.3) is 10.9 Å². The van der Waals surface area contributed by atoms with Crippen LogP contribution in [0, 0.1) is 11.8 Å². The molecule has 0 amide bonds. The lowest BCUT2D eigenvalue weighted by Crippen LogP contribution is -2.38. The highest BCUT2D eigenvalue weighted by Crippen LogP contribution is 2.36. The van der Waals surface area contributed by atoms with Gasteiger partial charge < -0.3 is 0 Å². The zero-order chi connectivity index (χ0) is 19.1. The van der Waals surface area contributed by atoms with E-state index in [1.807, 2.05) is 13.8 Å². The van der Waals surface area contributed by atoms with Crippen LogP contribution in [0.4, 0.5) is 0 Å². The lowest BCUT2D eigenvalue weighted by Gasteiger charge is -2.14. The number of nitrogens with one attached hydrogen (secondary N) is 1. The number of hydrogen-bond acceptors (Lipinski definition) is 4. The minimum Gasteiger partial charge on any atom is -0.282 e. The van der Waals surface area contributed by atoms with Gasteiger partial charge in [-0.3, -0.25) is 13.9 Å². The molecule has 0 saturated heterocycles. The second kappa shape index (κ2) is 6.41. The summed E-state index contributed by atoms with van der Waals surface area (Å²) in [5.74, 6) is 5.77. The highest BCUT2D eigenvalue weighted by Gasteiger charge is 2.41. The molecule has 0 radical (unpaired) electrons. The van der Waals surface area contributed by atoms with Gasteiger partial charge in [-0.2, -0.15) is 0 Å². The van der Waals surface area contributed by atoms with Crippen molar-refractivity contribution in [2.75, 3.05) is 0 Å². The van der Waals surface area contributed by atoms with Gasteiger partial charge in [-0.15, -0.1) is 5.92 Å². The molecule has 2 aromatic rings. The maximum atomic E-state index is 12.6. The summed E-state index contributed by atoms with van der Waals surface area (Å²) in [4.78, 5) is 24.9. The smallest absolute Gasteiger partial charge is 0.282 e. The third-order valence-corrected chi connectivity index (χ3v) is 6.18. The number of rotatable bonds is 4. The van der Waals surface area contributed by atoms with Crippen molar-refractivity contribution in [3.05, 3.63) is 39.0 Å². The average molecular weight is 375 g/mol. The van der Waals surface area contributed by atoms with Crippen LogP contribution in [0.15, 0.2) is 32.7 Å². The van der Waals surface area contributed by atoms with Gasteiger partial charge in [0.1, 0.15) is 0 Å². The first-order chi connectivity index (χ1) is 12.2. The molecule has 138 valence electrons. The van der Waals surface area contributed by atoms with E-state index in [9.17, 15) is 18.0 Å². The quantitative estimate of drug-likeness (QED) is 0.806. The zero-order valence-electron chi connectivity index (χ0n) is 15.0. The molecule has 1 saturated carbocycles. The van der Waals surface area contributed by atoms with Crippen molar-refractivity contribution in [3.63, 3.8) is 0 Å². The Morgan fingerprint density at radius 3 is 2.54 bits per heavy atom. The molecule has 1 aromatic carbocycles. The van der Waals surface area contributed by atoms with Crippen LogP contribution < -0.4 is 16.0 Å². The molecule has 1 aliphatic carbocycles. The molecule has 1 fully saturated rings. The van der Waals surface area contributed by atoms with Crippen LogP contribution in [-0.4, -0.2) is 23.1 Å². The monoisotopic (exact) mass is 375 g/mol. The molecular weight excluding hydrogens is 354 g/mol. The first-order valence-corrected chi connectivity index (χ1v) is 9.90. The highest BCUT2D eigenvalue weighted by atomic mass is 32.2.